The molecule has 29 heavy (non-hydrogen) atoms. The minimum absolute atomic E-state index is 0.0713. The molecule has 0 radical (unpaired) electrons. The number of benzene rings is 1. The summed E-state index contributed by atoms with van der Waals surface area (Å²) >= 11 is 1.45. The summed E-state index contributed by atoms with van der Waals surface area (Å²) in [5.41, 5.74) is 0.707. The number of aromatic nitrogens is 6. The van der Waals surface area contributed by atoms with Crippen LogP contribution < -0.4 is 5.56 Å². The molecule has 3 aromatic heterocycles. The molecule has 0 aliphatic carbocycles. The molecule has 0 aliphatic heterocycles. The van der Waals surface area contributed by atoms with E-state index < -0.39 is 0 Å². The maximum atomic E-state index is 13.0. The number of ether oxygens (including phenoxy) is 1. The van der Waals surface area contributed by atoms with Crippen LogP contribution in [-0.4, -0.2) is 42.6 Å². The van der Waals surface area contributed by atoms with Crippen LogP contribution in [0, 0.1) is 0 Å². The van der Waals surface area contributed by atoms with Gasteiger partial charge in [0, 0.05) is 26.2 Å². The first-order valence-electron chi connectivity index (χ1n) is 9.61. The predicted octanol–water partition coefficient (Wildman–Crippen LogP) is 2.71. The van der Waals surface area contributed by atoms with Gasteiger partial charge in [0.05, 0.1) is 16.7 Å². The van der Waals surface area contributed by atoms with E-state index in [2.05, 4.69) is 20.4 Å². The Bertz CT molecular complexity index is 1180. The van der Waals surface area contributed by atoms with Crippen LogP contribution in [0.3, 0.4) is 0 Å². The van der Waals surface area contributed by atoms with E-state index in [1.807, 2.05) is 42.5 Å². The van der Waals surface area contributed by atoms with E-state index in [9.17, 15) is 4.79 Å². The van der Waals surface area contributed by atoms with Gasteiger partial charge in [-0.2, -0.15) is 0 Å². The second-order valence-electron chi connectivity index (χ2n) is 6.37. The molecule has 152 valence electrons. The average Bonchev–Trinajstić information content (AvgIpc) is 3.38. The van der Waals surface area contributed by atoms with Gasteiger partial charge >= 0.3 is 0 Å². The summed E-state index contributed by atoms with van der Waals surface area (Å²) in [5, 5.41) is 18.0. The third-order valence-corrected chi connectivity index (χ3v) is 5.40. The summed E-state index contributed by atoms with van der Waals surface area (Å²) in [5.74, 6) is 2.15. The molecule has 0 fully saturated rings. The minimum Gasteiger partial charge on any atom is -0.424 e. The Morgan fingerprint density at radius 2 is 1.93 bits per heavy atom. The molecule has 4 aromatic rings. The lowest BCUT2D eigenvalue weighted by molar-refractivity contribution is 0.141. The van der Waals surface area contributed by atoms with Gasteiger partial charge in [0.2, 0.25) is 17.6 Å². The highest BCUT2D eigenvalue weighted by Gasteiger charge is 2.17. The second-order valence-corrected chi connectivity index (χ2v) is 7.32. The molecule has 0 bridgehead atoms. The fourth-order valence-electron chi connectivity index (χ4n) is 3.11. The summed E-state index contributed by atoms with van der Waals surface area (Å²) in [6, 6.07) is 7.50. The van der Waals surface area contributed by atoms with Gasteiger partial charge in [-0.15, -0.1) is 20.4 Å². The molecule has 0 unspecified atom stereocenters. The van der Waals surface area contributed by atoms with Crippen LogP contribution >= 0.6 is 11.8 Å². The summed E-state index contributed by atoms with van der Waals surface area (Å²) in [6.45, 7) is 5.68. The highest BCUT2D eigenvalue weighted by Crippen LogP contribution is 2.24. The van der Waals surface area contributed by atoms with Crippen LogP contribution in [0.15, 0.2) is 38.6 Å². The molecule has 3 heterocycles. The SMILES string of the molecule is CCOCCCn1c(=O)c2ccccc2n2c(SCc3nnc(CC)o3)nnc12. The second kappa shape index (κ2) is 8.75. The van der Waals surface area contributed by atoms with Gasteiger partial charge in [-0.1, -0.05) is 30.8 Å². The van der Waals surface area contributed by atoms with E-state index in [1.165, 1.54) is 11.8 Å². The van der Waals surface area contributed by atoms with E-state index in [1.54, 1.807) is 4.57 Å². The zero-order valence-electron chi connectivity index (χ0n) is 16.4. The number of aryl methyl sites for hydroxylation is 2. The van der Waals surface area contributed by atoms with Gasteiger partial charge in [-0.25, -0.2) is 0 Å². The van der Waals surface area contributed by atoms with Gasteiger partial charge in [0.1, 0.15) is 0 Å². The fourth-order valence-corrected chi connectivity index (χ4v) is 3.89. The summed E-state index contributed by atoms with van der Waals surface area (Å²) in [6.07, 6.45) is 1.42. The number of nitrogens with zero attached hydrogens (tertiary/aromatic N) is 6. The van der Waals surface area contributed by atoms with Gasteiger partial charge in [-0.05, 0) is 25.5 Å². The Morgan fingerprint density at radius 3 is 2.72 bits per heavy atom. The molecule has 0 aliphatic rings. The predicted molar refractivity (Wildman–Crippen MR) is 109 cm³/mol. The van der Waals surface area contributed by atoms with E-state index in [4.69, 9.17) is 9.15 Å². The number of thioether (sulfide) groups is 1. The van der Waals surface area contributed by atoms with Crippen molar-refractivity contribution in [2.45, 2.75) is 44.1 Å². The molecular formula is C19H22N6O3S. The summed E-state index contributed by atoms with van der Waals surface area (Å²) in [7, 11) is 0. The van der Waals surface area contributed by atoms with Crippen LogP contribution in [0.1, 0.15) is 32.0 Å². The van der Waals surface area contributed by atoms with Crippen LogP contribution in [-0.2, 0) is 23.5 Å². The van der Waals surface area contributed by atoms with E-state index in [-0.39, 0.29) is 5.56 Å². The third-order valence-electron chi connectivity index (χ3n) is 4.49. The van der Waals surface area contributed by atoms with Gasteiger partial charge in [-0.3, -0.25) is 13.8 Å². The number of hydrogen-bond donors (Lipinski definition) is 0. The lowest BCUT2D eigenvalue weighted by Crippen LogP contribution is -2.24. The van der Waals surface area contributed by atoms with E-state index in [0.717, 1.165) is 11.9 Å². The summed E-state index contributed by atoms with van der Waals surface area (Å²) in [4.78, 5) is 13.0. The number of fused-ring (bicyclic) bond motifs is 3. The number of hydrogen-bond acceptors (Lipinski definition) is 8. The molecule has 0 saturated carbocycles. The Kier molecular flexibility index (Phi) is 5.91. The van der Waals surface area contributed by atoms with Crippen molar-refractivity contribution in [1.29, 1.82) is 0 Å². The lowest BCUT2D eigenvalue weighted by atomic mass is 10.2. The highest BCUT2D eigenvalue weighted by atomic mass is 32.2. The van der Waals surface area contributed by atoms with Crippen molar-refractivity contribution in [3.63, 3.8) is 0 Å². The van der Waals surface area contributed by atoms with Crippen molar-refractivity contribution in [3.05, 3.63) is 46.4 Å². The van der Waals surface area contributed by atoms with Crippen molar-refractivity contribution in [2.75, 3.05) is 13.2 Å². The zero-order chi connectivity index (χ0) is 20.2. The Balaban J connectivity index is 1.72. The first kappa shape index (κ1) is 19.6. The Hall–Kier alpha value is -2.72. The van der Waals surface area contributed by atoms with Gasteiger partial charge in [0.25, 0.3) is 5.56 Å². The fraction of sp³-hybridized carbons (Fsp3) is 0.421. The van der Waals surface area contributed by atoms with Crippen LogP contribution in [0.2, 0.25) is 0 Å². The molecule has 0 spiro atoms. The Morgan fingerprint density at radius 1 is 1.10 bits per heavy atom. The minimum atomic E-state index is -0.0713. The maximum absolute atomic E-state index is 13.0. The van der Waals surface area contributed by atoms with Crippen LogP contribution in [0.5, 0.6) is 0 Å². The molecule has 9 nitrogen and oxygen atoms in total. The van der Waals surface area contributed by atoms with E-state index in [0.29, 0.717) is 60.0 Å². The smallest absolute Gasteiger partial charge is 0.262 e. The van der Waals surface area contributed by atoms with Gasteiger partial charge in [0.15, 0.2) is 5.16 Å². The molecule has 10 heteroatoms. The van der Waals surface area contributed by atoms with Gasteiger partial charge < -0.3 is 9.15 Å². The van der Waals surface area contributed by atoms with Crippen molar-refractivity contribution in [3.8, 4) is 0 Å². The molecule has 4 rings (SSSR count). The lowest BCUT2D eigenvalue weighted by Gasteiger charge is -2.11. The molecule has 0 amide bonds. The highest BCUT2D eigenvalue weighted by molar-refractivity contribution is 7.98. The molecular weight excluding hydrogens is 392 g/mol. The molecule has 0 saturated heterocycles. The van der Waals surface area contributed by atoms with E-state index >= 15 is 0 Å². The van der Waals surface area contributed by atoms with Crippen molar-refractivity contribution in [2.24, 2.45) is 0 Å². The average molecular weight is 414 g/mol. The third kappa shape index (κ3) is 3.90. The maximum Gasteiger partial charge on any atom is 0.262 e. The quantitative estimate of drug-likeness (QED) is 0.304. The molecule has 0 N–H and O–H groups in total. The normalized spacial score (nSPS) is 11.7. The largest absolute Gasteiger partial charge is 0.424 e. The topological polar surface area (TPSA) is 100 Å². The van der Waals surface area contributed by atoms with Crippen LogP contribution in [0.4, 0.5) is 0 Å². The zero-order valence-corrected chi connectivity index (χ0v) is 17.2. The standard InChI is InChI=1S/C19H22N6O3S/c1-3-15-20-21-16(28-15)12-29-19-23-22-18-24(10-7-11-27-4-2)17(26)13-8-5-6-9-14(13)25(18)19/h5-6,8-9H,3-4,7,10-12H2,1-2H3. The Labute approximate surface area is 171 Å². The number of para-hydroxylation sites is 1. The monoisotopic (exact) mass is 414 g/mol. The van der Waals surface area contributed by atoms with Crippen molar-refractivity contribution in [1.82, 2.24) is 29.4 Å². The molecule has 1 aromatic carbocycles. The van der Waals surface area contributed by atoms with Crippen molar-refractivity contribution >= 4 is 28.4 Å². The van der Waals surface area contributed by atoms with Crippen LogP contribution in [0.25, 0.3) is 16.7 Å². The molecule has 0 atom stereocenters. The van der Waals surface area contributed by atoms with Crippen molar-refractivity contribution < 1.29 is 9.15 Å². The number of rotatable bonds is 9. The summed E-state index contributed by atoms with van der Waals surface area (Å²) < 4.78 is 14.6. The first-order valence-corrected chi connectivity index (χ1v) is 10.6. The first-order chi connectivity index (χ1) is 14.2.